The Hall–Kier alpha value is -0.545. The predicted molar refractivity (Wildman–Crippen MR) is 95.5 cm³/mol. The lowest BCUT2D eigenvalue weighted by atomic mass is 9.43. The first-order valence-electron chi connectivity index (χ1n) is 8.58. The van der Waals surface area contributed by atoms with Crippen molar-refractivity contribution in [2.75, 3.05) is 6.44 Å². The summed E-state index contributed by atoms with van der Waals surface area (Å²) < 4.78 is 12.6. The molecule has 0 radical (unpaired) electrons. The lowest BCUT2D eigenvalue weighted by molar-refractivity contribution is -0.199. The summed E-state index contributed by atoms with van der Waals surface area (Å²) in [6.07, 6.45) is 3.52. The minimum absolute atomic E-state index is 0. The third-order valence-corrected chi connectivity index (χ3v) is 6.48. The van der Waals surface area contributed by atoms with Gasteiger partial charge in [0.05, 0.1) is 11.7 Å². The largest absolute Gasteiger partial charge is 0.472 e. The molecule has 126 valence electrons. The van der Waals surface area contributed by atoms with Gasteiger partial charge in [-0.25, -0.2) is 0 Å². The molecule has 1 aromatic carbocycles. The van der Waals surface area contributed by atoms with Gasteiger partial charge < -0.3 is 14.6 Å². The molecule has 23 heavy (non-hydrogen) atoms. The van der Waals surface area contributed by atoms with Crippen LogP contribution in [0.1, 0.15) is 39.2 Å². The van der Waals surface area contributed by atoms with Gasteiger partial charge in [0.1, 0.15) is 0 Å². The van der Waals surface area contributed by atoms with Crippen LogP contribution in [0.2, 0.25) is 0 Å². The Morgan fingerprint density at radius 2 is 1.91 bits per heavy atom. The Kier molecular flexibility index (Phi) is 4.56. The highest BCUT2D eigenvalue weighted by molar-refractivity contribution is 6.45. The quantitative estimate of drug-likeness (QED) is 0.855. The van der Waals surface area contributed by atoms with Gasteiger partial charge in [-0.1, -0.05) is 44.2 Å². The highest BCUT2D eigenvalue weighted by atomic mass is 35.5. The van der Waals surface area contributed by atoms with E-state index in [-0.39, 0.29) is 31.2 Å². The number of halogens is 1. The minimum atomic E-state index is -0.103. The Morgan fingerprint density at radius 3 is 2.61 bits per heavy atom. The molecule has 5 heteroatoms. The molecule has 0 spiro atoms. The van der Waals surface area contributed by atoms with Crippen molar-refractivity contribution in [3.8, 4) is 0 Å². The van der Waals surface area contributed by atoms with E-state index in [1.807, 2.05) is 6.07 Å². The highest BCUT2D eigenvalue weighted by Crippen LogP contribution is 2.65. The molecule has 1 saturated heterocycles. The number of nitrogens with one attached hydrogen (secondary N) is 1. The molecule has 1 aromatic rings. The Bertz CT molecular complexity index is 555. The Labute approximate surface area is 146 Å². The van der Waals surface area contributed by atoms with Crippen molar-refractivity contribution >= 4 is 19.5 Å². The van der Waals surface area contributed by atoms with Crippen LogP contribution < -0.4 is 5.32 Å². The SMILES string of the molecule is CC1(C)[C@@H]2C[C@H]3OB(CNCc4ccccc4)O[C@@]3(C)[C@H]1C2.Cl. The van der Waals surface area contributed by atoms with Crippen molar-refractivity contribution in [2.45, 2.75) is 51.9 Å². The molecule has 3 nitrogen and oxygen atoms in total. The summed E-state index contributed by atoms with van der Waals surface area (Å²) >= 11 is 0. The van der Waals surface area contributed by atoms with Crippen LogP contribution in [0, 0.1) is 17.3 Å². The van der Waals surface area contributed by atoms with E-state index in [1.54, 1.807) is 0 Å². The average Bonchev–Trinajstić information content (AvgIpc) is 2.84. The fraction of sp³-hybridized carbons (Fsp3) is 0.667. The van der Waals surface area contributed by atoms with Crippen molar-refractivity contribution in [1.82, 2.24) is 5.32 Å². The second kappa shape index (κ2) is 6.07. The van der Waals surface area contributed by atoms with E-state index >= 15 is 0 Å². The normalized spacial score (nSPS) is 36.8. The van der Waals surface area contributed by atoms with Gasteiger partial charge in [0.15, 0.2) is 0 Å². The van der Waals surface area contributed by atoms with Gasteiger partial charge in [-0.3, -0.25) is 0 Å². The van der Waals surface area contributed by atoms with E-state index in [0.717, 1.165) is 25.3 Å². The molecular weight excluding hydrogens is 308 g/mol. The molecule has 0 amide bonds. The topological polar surface area (TPSA) is 30.5 Å². The summed E-state index contributed by atoms with van der Waals surface area (Å²) in [5.74, 6) is 1.46. The van der Waals surface area contributed by atoms with E-state index in [9.17, 15) is 0 Å². The monoisotopic (exact) mass is 335 g/mol. The Balaban J connectivity index is 0.00000156. The molecule has 1 aliphatic heterocycles. The second-order valence-electron chi connectivity index (χ2n) is 8.01. The van der Waals surface area contributed by atoms with Crippen LogP contribution >= 0.6 is 12.4 Å². The van der Waals surface area contributed by atoms with Gasteiger partial charge in [-0.05, 0) is 42.6 Å². The third kappa shape index (κ3) is 2.74. The van der Waals surface area contributed by atoms with Crippen LogP contribution in [-0.4, -0.2) is 25.3 Å². The Morgan fingerprint density at radius 1 is 1.17 bits per heavy atom. The van der Waals surface area contributed by atoms with Gasteiger partial charge >= 0.3 is 7.12 Å². The van der Waals surface area contributed by atoms with Crippen LogP contribution in [0.25, 0.3) is 0 Å². The fourth-order valence-corrected chi connectivity index (χ4v) is 4.97. The van der Waals surface area contributed by atoms with Crippen LogP contribution in [-0.2, 0) is 15.9 Å². The summed E-state index contributed by atoms with van der Waals surface area (Å²) in [4.78, 5) is 0. The van der Waals surface area contributed by atoms with Crippen LogP contribution in [0.5, 0.6) is 0 Å². The molecule has 4 atom stereocenters. The molecule has 3 saturated carbocycles. The van der Waals surface area contributed by atoms with Gasteiger partial charge in [0.2, 0.25) is 0 Å². The van der Waals surface area contributed by atoms with E-state index in [0.29, 0.717) is 11.3 Å². The molecule has 0 unspecified atom stereocenters. The number of hydrogen-bond donors (Lipinski definition) is 1. The summed E-state index contributed by atoms with van der Waals surface area (Å²) in [5.41, 5.74) is 1.63. The molecule has 1 N–H and O–H groups in total. The summed E-state index contributed by atoms with van der Waals surface area (Å²) in [7, 11) is -0.103. The molecule has 1 heterocycles. The third-order valence-electron chi connectivity index (χ3n) is 6.48. The predicted octanol–water partition coefficient (Wildman–Crippen LogP) is 3.47. The molecule has 0 aromatic heterocycles. The minimum Gasteiger partial charge on any atom is -0.405 e. The maximum Gasteiger partial charge on any atom is 0.472 e. The van der Waals surface area contributed by atoms with Gasteiger partial charge in [-0.15, -0.1) is 12.4 Å². The first kappa shape index (κ1) is 17.3. The summed E-state index contributed by atoms with van der Waals surface area (Å²) in [5, 5.41) is 3.47. The first-order chi connectivity index (χ1) is 10.5. The van der Waals surface area contributed by atoms with Crippen molar-refractivity contribution in [3.05, 3.63) is 35.9 Å². The van der Waals surface area contributed by atoms with Crippen LogP contribution in [0.3, 0.4) is 0 Å². The molecule has 5 rings (SSSR count). The lowest BCUT2D eigenvalue weighted by Crippen LogP contribution is -2.65. The van der Waals surface area contributed by atoms with E-state index in [4.69, 9.17) is 9.31 Å². The standard InChI is InChI=1S/C18H26BNO2.ClH/c1-17(2)14-9-15(17)18(3)16(10-14)21-19(22-18)12-20-11-13-7-5-4-6-8-13;/h4-8,14-16,20H,9-12H2,1-3H3;1H/t14-,15-,16+,18-;/m0./s1. The van der Waals surface area contributed by atoms with Crippen molar-refractivity contribution in [2.24, 2.45) is 17.3 Å². The van der Waals surface area contributed by atoms with E-state index in [1.165, 1.54) is 12.0 Å². The maximum atomic E-state index is 6.39. The maximum absolute atomic E-state index is 6.39. The van der Waals surface area contributed by atoms with Gasteiger partial charge in [0.25, 0.3) is 0 Å². The van der Waals surface area contributed by atoms with E-state index < -0.39 is 0 Å². The highest BCUT2D eigenvalue weighted by Gasteiger charge is 2.67. The molecule has 4 aliphatic rings. The number of benzene rings is 1. The zero-order chi connectivity index (χ0) is 15.4. The summed E-state index contributed by atoms with van der Waals surface area (Å²) in [6.45, 7) is 7.94. The lowest BCUT2D eigenvalue weighted by Gasteiger charge is -2.64. The van der Waals surface area contributed by atoms with Crippen LogP contribution in [0.15, 0.2) is 30.3 Å². The molecule has 3 aliphatic carbocycles. The van der Waals surface area contributed by atoms with Crippen molar-refractivity contribution < 1.29 is 9.31 Å². The zero-order valence-corrected chi connectivity index (χ0v) is 15.1. The van der Waals surface area contributed by atoms with Crippen molar-refractivity contribution in [1.29, 1.82) is 0 Å². The molecule has 2 bridgehead atoms. The van der Waals surface area contributed by atoms with Crippen LogP contribution in [0.4, 0.5) is 0 Å². The van der Waals surface area contributed by atoms with E-state index in [2.05, 4.69) is 50.4 Å². The summed E-state index contributed by atoms with van der Waals surface area (Å²) in [6, 6.07) is 10.5. The van der Waals surface area contributed by atoms with Crippen molar-refractivity contribution in [3.63, 3.8) is 0 Å². The zero-order valence-electron chi connectivity index (χ0n) is 14.2. The average molecular weight is 336 g/mol. The van der Waals surface area contributed by atoms with Gasteiger partial charge in [-0.2, -0.15) is 0 Å². The fourth-order valence-electron chi connectivity index (χ4n) is 4.97. The second-order valence-corrected chi connectivity index (χ2v) is 8.01. The molecular formula is C18H27BClNO2. The number of hydrogen-bond acceptors (Lipinski definition) is 3. The first-order valence-corrected chi connectivity index (χ1v) is 8.58. The smallest absolute Gasteiger partial charge is 0.405 e. The van der Waals surface area contributed by atoms with Gasteiger partial charge in [0, 0.05) is 13.0 Å². The molecule has 4 fully saturated rings. The number of rotatable bonds is 4.